The minimum Gasteiger partial charge on any atom is -0.416 e. The van der Waals surface area contributed by atoms with Crippen LogP contribution in [0.1, 0.15) is 38.8 Å². The zero-order chi connectivity index (χ0) is 21.8. The largest absolute Gasteiger partial charge is 0.416 e. The second-order valence-electron chi connectivity index (χ2n) is 7.33. The maximum atomic E-state index is 13.2. The lowest BCUT2D eigenvalue weighted by atomic mass is 10.2. The fraction of sp³-hybridized carbons (Fsp3) is 0.208. The van der Waals surface area contributed by atoms with Gasteiger partial charge in [-0.15, -0.1) is 10.2 Å². The van der Waals surface area contributed by atoms with Gasteiger partial charge in [-0.3, -0.25) is 4.79 Å². The number of halogens is 1. The highest BCUT2D eigenvalue weighted by atomic mass is 32.2. The van der Waals surface area contributed by atoms with E-state index in [1.165, 1.54) is 23.9 Å². The molecule has 0 radical (unpaired) electrons. The fourth-order valence-electron chi connectivity index (χ4n) is 3.44. The van der Waals surface area contributed by atoms with Gasteiger partial charge in [-0.1, -0.05) is 54.2 Å². The Bertz CT molecular complexity index is 1180. The van der Waals surface area contributed by atoms with E-state index in [4.69, 9.17) is 4.42 Å². The summed E-state index contributed by atoms with van der Waals surface area (Å²) >= 11 is 1.24. The van der Waals surface area contributed by atoms with E-state index in [2.05, 4.69) is 14.8 Å². The molecule has 158 valence electrons. The first-order valence-electron chi connectivity index (χ1n) is 9.93. The molecule has 0 amide bonds. The number of aromatic nitrogens is 3. The molecule has 4 aromatic rings. The molecule has 0 fully saturated rings. The van der Waals surface area contributed by atoms with E-state index >= 15 is 0 Å². The van der Waals surface area contributed by atoms with E-state index in [9.17, 15) is 9.18 Å². The van der Waals surface area contributed by atoms with E-state index in [1.54, 1.807) is 12.1 Å². The van der Waals surface area contributed by atoms with Crippen LogP contribution in [-0.4, -0.2) is 26.3 Å². The first kappa shape index (κ1) is 21.1. The summed E-state index contributed by atoms with van der Waals surface area (Å²) in [6.45, 7) is 4.48. The van der Waals surface area contributed by atoms with Crippen molar-refractivity contribution in [2.24, 2.45) is 0 Å². The number of carbonyl (C=O) groups excluding carboxylic acids is 1. The van der Waals surface area contributed by atoms with E-state index in [-0.39, 0.29) is 17.4 Å². The topological polar surface area (TPSA) is 60.9 Å². The van der Waals surface area contributed by atoms with Gasteiger partial charge in [0, 0.05) is 23.5 Å². The molecule has 31 heavy (non-hydrogen) atoms. The molecule has 0 aliphatic carbocycles. The molecule has 2 aromatic heterocycles. The van der Waals surface area contributed by atoms with Crippen molar-refractivity contribution < 1.29 is 13.6 Å². The molecule has 0 aliphatic heterocycles. The fourth-order valence-corrected chi connectivity index (χ4v) is 4.11. The summed E-state index contributed by atoms with van der Waals surface area (Å²) in [4.78, 5) is 12.8. The van der Waals surface area contributed by atoms with Crippen molar-refractivity contribution in [2.45, 2.75) is 32.0 Å². The normalized spacial score (nSPS) is 11.1. The summed E-state index contributed by atoms with van der Waals surface area (Å²) in [7, 11) is 0. The lowest BCUT2D eigenvalue weighted by Crippen LogP contribution is -2.07. The third-order valence-corrected chi connectivity index (χ3v) is 5.92. The molecule has 2 heterocycles. The minimum atomic E-state index is -0.259. The number of benzene rings is 2. The zero-order valence-electron chi connectivity index (χ0n) is 17.3. The molecule has 0 unspecified atom stereocenters. The first-order chi connectivity index (χ1) is 15.0. The molecular weight excluding hydrogens is 413 g/mol. The van der Waals surface area contributed by atoms with Crippen molar-refractivity contribution in [3.8, 4) is 0 Å². The molecule has 0 bridgehead atoms. The monoisotopic (exact) mass is 435 g/mol. The Morgan fingerprint density at radius 2 is 1.77 bits per heavy atom. The van der Waals surface area contributed by atoms with Crippen LogP contribution >= 0.6 is 11.8 Å². The summed E-state index contributed by atoms with van der Waals surface area (Å²) in [5.74, 6) is 0.490. The third kappa shape index (κ3) is 5.11. The second kappa shape index (κ2) is 9.31. The van der Waals surface area contributed by atoms with Crippen LogP contribution in [0.3, 0.4) is 0 Å². The van der Waals surface area contributed by atoms with E-state index in [0.29, 0.717) is 29.6 Å². The number of ketones is 1. The Balaban J connectivity index is 1.39. The number of carbonyl (C=O) groups is 1. The predicted octanol–water partition coefficient (Wildman–Crippen LogP) is 5.24. The maximum Gasteiger partial charge on any atom is 0.277 e. The molecule has 7 heteroatoms. The van der Waals surface area contributed by atoms with Crippen LogP contribution < -0.4 is 0 Å². The number of hydrogen-bond donors (Lipinski definition) is 0. The van der Waals surface area contributed by atoms with Gasteiger partial charge in [-0.25, -0.2) is 4.39 Å². The lowest BCUT2D eigenvalue weighted by Gasteiger charge is -2.10. The smallest absolute Gasteiger partial charge is 0.277 e. The third-order valence-electron chi connectivity index (χ3n) is 5.10. The average molecular weight is 436 g/mol. The first-order valence-corrected chi connectivity index (χ1v) is 10.9. The van der Waals surface area contributed by atoms with Crippen LogP contribution in [0.2, 0.25) is 0 Å². The lowest BCUT2D eigenvalue weighted by molar-refractivity contribution is 0.102. The molecular formula is C24H22FN3O2S. The van der Waals surface area contributed by atoms with Crippen molar-refractivity contribution in [2.75, 3.05) is 5.75 Å². The molecule has 4 rings (SSSR count). The Morgan fingerprint density at radius 1 is 1.03 bits per heavy atom. The van der Waals surface area contributed by atoms with E-state index < -0.39 is 0 Å². The van der Waals surface area contributed by atoms with Gasteiger partial charge in [0.05, 0.1) is 12.2 Å². The number of aryl methyl sites for hydroxylation is 1. The van der Waals surface area contributed by atoms with Crippen LogP contribution in [-0.2, 0) is 13.0 Å². The number of thioether (sulfide) groups is 1. The summed E-state index contributed by atoms with van der Waals surface area (Å²) in [5, 5.41) is 8.50. The molecule has 0 aliphatic rings. The summed E-state index contributed by atoms with van der Waals surface area (Å²) in [6, 6.07) is 18.2. The van der Waals surface area contributed by atoms with Gasteiger partial charge >= 0.3 is 0 Å². The van der Waals surface area contributed by atoms with Gasteiger partial charge in [0.1, 0.15) is 5.82 Å². The zero-order valence-corrected chi connectivity index (χ0v) is 18.2. The van der Waals surface area contributed by atoms with Crippen LogP contribution in [0, 0.1) is 19.7 Å². The van der Waals surface area contributed by atoms with Gasteiger partial charge in [0.25, 0.3) is 5.22 Å². The van der Waals surface area contributed by atoms with Gasteiger partial charge in [-0.2, -0.15) is 0 Å². The molecule has 0 saturated heterocycles. The Labute approximate surface area is 184 Å². The van der Waals surface area contributed by atoms with Gasteiger partial charge in [0.2, 0.25) is 5.89 Å². The number of nitrogens with zero attached hydrogens (tertiary/aromatic N) is 3. The average Bonchev–Trinajstić information content (AvgIpc) is 3.33. The van der Waals surface area contributed by atoms with Gasteiger partial charge in [-0.05, 0) is 43.2 Å². The quantitative estimate of drug-likeness (QED) is 0.280. The number of rotatable bonds is 8. The molecule has 0 spiro atoms. The van der Waals surface area contributed by atoms with Crippen LogP contribution in [0.4, 0.5) is 4.39 Å². The molecule has 2 aromatic carbocycles. The minimum absolute atomic E-state index is 0.00580. The highest BCUT2D eigenvalue weighted by Gasteiger charge is 2.18. The molecule has 5 nitrogen and oxygen atoms in total. The summed E-state index contributed by atoms with van der Waals surface area (Å²) in [5.41, 5.74) is 4.62. The Morgan fingerprint density at radius 3 is 2.52 bits per heavy atom. The number of hydrogen-bond acceptors (Lipinski definition) is 5. The van der Waals surface area contributed by atoms with Gasteiger partial charge in [0.15, 0.2) is 5.78 Å². The highest BCUT2D eigenvalue weighted by molar-refractivity contribution is 7.99. The van der Waals surface area contributed by atoms with Crippen LogP contribution in [0.25, 0.3) is 0 Å². The molecule has 0 saturated carbocycles. The van der Waals surface area contributed by atoms with Crippen molar-refractivity contribution in [1.82, 2.24) is 14.8 Å². The van der Waals surface area contributed by atoms with Gasteiger partial charge < -0.3 is 8.98 Å². The summed E-state index contributed by atoms with van der Waals surface area (Å²) in [6.07, 6.45) is 0.562. The van der Waals surface area contributed by atoms with E-state index in [0.717, 1.165) is 22.5 Å². The summed E-state index contributed by atoms with van der Waals surface area (Å²) < 4.78 is 20.9. The highest BCUT2D eigenvalue weighted by Crippen LogP contribution is 2.23. The predicted molar refractivity (Wildman–Crippen MR) is 118 cm³/mol. The van der Waals surface area contributed by atoms with Crippen molar-refractivity contribution in [1.29, 1.82) is 0 Å². The maximum absolute atomic E-state index is 13.2. The van der Waals surface area contributed by atoms with Crippen molar-refractivity contribution in [3.63, 3.8) is 0 Å². The number of Topliss-reactive ketones (excluding diaryl/α,β-unsaturated/α-hetero) is 1. The van der Waals surface area contributed by atoms with Crippen molar-refractivity contribution >= 4 is 17.5 Å². The standard InChI is InChI=1S/C24H22FN3O2S/c1-16-12-21(17(2)28(16)14-19-8-10-20(25)11-9-19)22(29)15-31-24-27-26-23(30-24)13-18-6-4-3-5-7-18/h3-12H,13-15H2,1-2H3. The second-order valence-corrected chi connectivity index (χ2v) is 8.26. The van der Waals surface area contributed by atoms with Crippen molar-refractivity contribution in [3.05, 3.63) is 100 Å². The molecule has 0 N–H and O–H groups in total. The Hall–Kier alpha value is -3.19. The van der Waals surface area contributed by atoms with Crippen LogP contribution in [0.5, 0.6) is 0 Å². The van der Waals surface area contributed by atoms with E-state index in [1.807, 2.05) is 50.2 Å². The SMILES string of the molecule is Cc1cc(C(=O)CSc2nnc(Cc3ccccc3)o2)c(C)n1Cc1ccc(F)cc1. The Kier molecular flexibility index (Phi) is 6.32. The molecule has 0 atom stereocenters. The van der Waals surface area contributed by atoms with Crippen LogP contribution in [0.15, 0.2) is 70.3 Å².